The van der Waals surface area contributed by atoms with E-state index in [-0.39, 0.29) is 11.8 Å². The summed E-state index contributed by atoms with van der Waals surface area (Å²) in [6.45, 7) is 2.89. The lowest BCUT2D eigenvalue weighted by Crippen LogP contribution is -2.28. The SMILES string of the molecule is Cc1noc([C@@H]2CCN(C(=O)c3ccc(SC(F)F)cc3)C2)n1. The van der Waals surface area contributed by atoms with Crippen LogP contribution in [0.4, 0.5) is 8.78 Å². The molecule has 1 saturated heterocycles. The smallest absolute Gasteiger partial charge is 0.288 e. The minimum atomic E-state index is -2.46. The van der Waals surface area contributed by atoms with Crippen molar-refractivity contribution < 1.29 is 18.1 Å². The summed E-state index contributed by atoms with van der Waals surface area (Å²) < 4.78 is 29.8. The minimum Gasteiger partial charge on any atom is -0.339 e. The Hall–Kier alpha value is -1.96. The van der Waals surface area contributed by atoms with Gasteiger partial charge in [-0.05, 0) is 37.6 Å². The van der Waals surface area contributed by atoms with Gasteiger partial charge in [-0.1, -0.05) is 16.9 Å². The van der Waals surface area contributed by atoms with Crippen molar-refractivity contribution >= 4 is 17.7 Å². The molecule has 1 atom stereocenters. The van der Waals surface area contributed by atoms with E-state index in [1.54, 1.807) is 36.1 Å². The van der Waals surface area contributed by atoms with Crippen LogP contribution in [0.2, 0.25) is 0 Å². The zero-order chi connectivity index (χ0) is 16.4. The maximum absolute atomic E-state index is 12.5. The highest BCUT2D eigenvalue weighted by molar-refractivity contribution is 7.99. The Kier molecular flexibility index (Phi) is 4.61. The molecule has 0 unspecified atom stereocenters. The Morgan fingerprint density at radius 3 is 2.74 bits per heavy atom. The average molecular weight is 339 g/mol. The van der Waals surface area contributed by atoms with Gasteiger partial charge in [0, 0.05) is 23.5 Å². The number of likely N-dealkylation sites (tertiary alicyclic amines) is 1. The number of halogens is 2. The number of benzene rings is 1. The molecule has 8 heteroatoms. The number of aromatic nitrogens is 2. The van der Waals surface area contributed by atoms with Gasteiger partial charge < -0.3 is 9.42 Å². The van der Waals surface area contributed by atoms with Crippen LogP contribution in [0.15, 0.2) is 33.7 Å². The van der Waals surface area contributed by atoms with Gasteiger partial charge in [-0.3, -0.25) is 4.79 Å². The Morgan fingerprint density at radius 1 is 1.39 bits per heavy atom. The molecule has 5 nitrogen and oxygen atoms in total. The summed E-state index contributed by atoms with van der Waals surface area (Å²) in [5, 5.41) is 3.77. The predicted molar refractivity (Wildman–Crippen MR) is 80.6 cm³/mol. The molecule has 1 aromatic carbocycles. The molecule has 0 spiro atoms. The summed E-state index contributed by atoms with van der Waals surface area (Å²) >= 11 is 0.465. The van der Waals surface area contributed by atoms with Gasteiger partial charge in [0.2, 0.25) is 5.89 Å². The monoisotopic (exact) mass is 339 g/mol. The first-order chi connectivity index (χ1) is 11.0. The summed E-state index contributed by atoms with van der Waals surface area (Å²) in [5.74, 6) is -1.39. The van der Waals surface area contributed by atoms with E-state index in [0.29, 0.717) is 47.0 Å². The van der Waals surface area contributed by atoms with Crippen LogP contribution in [0.1, 0.15) is 34.4 Å². The molecule has 0 N–H and O–H groups in total. The van der Waals surface area contributed by atoms with E-state index in [1.165, 1.54) is 0 Å². The first-order valence-corrected chi connectivity index (χ1v) is 8.05. The number of carbonyl (C=O) groups is 1. The van der Waals surface area contributed by atoms with Gasteiger partial charge in [-0.2, -0.15) is 13.8 Å². The van der Waals surface area contributed by atoms with Crippen molar-refractivity contribution in [2.45, 2.75) is 29.9 Å². The Morgan fingerprint density at radius 2 is 2.13 bits per heavy atom. The van der Waals surface area contributed by atoms with Crippen LogP contribution < -0.4 is 0 Å². The molecule has 1 aliphatic heterocycles. The average Bonchev–Trinajstić information content (AvgIpc) is 3.15. The fourth-order valence-electron chi connectivity index (χ4n) is 2.59. The number of hydrogen-bond donors (Lipinski definition) is 0. The molecule has 1 aromatic heterocycles. The van der Waals surface area contributed by atoms with E-state index in [0.717, 1.165) is 6.42 Å². The second kappa shape index (κ2) is 6.66. The maximum Gasteiger partial charge on any atom is 0.288 e. The molecule has 0 radical (unpaired) electrons. The largest absolute Gasteiger partial charge is 0.339 e. The molecule has 2 aromatic rings. The van der Waals surface area contributed by atoms with Gasteiger partial charge in [0.05, 0.1) is 5.92 Å². The molecular weight excluding hydrogens is 324 g/mol. The molecule has 0 saturated carbocycles. The highest BCUT2D eigenvalue weighted by atomic mass is 32.2. The van der Waals surface area contributed by atoms with E-state index in [4.69, 9.17) is 4.52 Å². The first-order valence-electron chi connectivity index (χ1n) is 7.17. The fourth-order valence-corrected chi connectivity index (χ4v) is 3.09. The highest BCUT2D eigenvalue weighted by Crippen LogP contribution is 2.28. The van der Waals surface area contributed by atoms with Gasteiger partial charge in [0.1, 0.15) is 0 Å². The van der Waals surface area contributed by atoms with Crippen molar-refractivity contribution in [3.63, 3.8) is 0 Å². The summed E-state index contributed by atoms with van der Waals surface area (Å²) in [5.41, 5.74) is 0.492. The summed E-state index contributed by atoms with van der Waals surface area (Å²) in [4.78, 5) is 18.8. The standard InChI is InChI=1S/C15H15F2N3O2S/c1-9-18-13(22-19-9)11-6-7-20(8-11)14(21)10-2-4-12(5-3-10)23-15(16)17/h2-5,11,15H,6-8H2,1H3/t11-/m1/s1. The van der Waals surface area contributed by atoms with E-state index in [9.17, 15) is 13.6 Å². The topological polar surface area (TPSA) is 59.2 Å². The molecule has 1 amide bonds. The predicted octanol–water partition coefficient (Wildman–Crippen LogP) is 3.32. The van der Waals surface area contributed by atoms with Crippen LogP contribution in [0.25, 0.3) is 0 Å². The number of hydrogen-bond acceptors (Lipinski definition) is 5. The highest BCUT2D eigenvalue weighted by Gasteiger charge is 2.31. The van der Waals surface area contributed by atoms with E-state index < -0.39 is 5.76 Å². The second-order valence-corrected chi connectivity index (χ2v) is 6.38. The van der Waals surface area contributed by atoms with Crippen molar-refractivity contribution in [3.05, 3.63) is 41.5 Å². The van der Waals surface area contributed by atoms with Gasteiger partial charge >= 0.3 is 0 Å². The van der Waals surface area contributed by atoms with Crippen LogP contribution >= 0.6 is 11.8 Å². The molecule has 3 rings (SSSR count). The van der Waals surface area contributed by atoms with E-state index in [1.807, 2.05) is 0 Å². The van der Waals surface area contributed by atoms with Gasteiger partial charge in [0.15, 0.2) is 5.82 Å². The third-order valence-electron chi connectivity index (χ3n) is 3.69. The van der Waals surface area contributed by atoms with Crippen LogP contribution in [0.3, 0.4) is 0 Å². The quantitative estimate of drug-likeness (QED) is 0.800. The number of nitrogens with zero attached hydrogens (tertiary/aromatic N) is 3. The van der Waals surface area contributed by atoms with Gasteiger partial charge in [-0.15, -0.1) is 0 Å². The molecule has 2 heterocycles. The number of aryl methyl sites for hydroxylation is 1. The number of amides is 1. The Labute approximate surface area is 136 Å². The minimum absolute atomic E-state index is 0.0498. The lowest BCUT2D eigenvalue weighted by Gasteiger charge is -2.16. The molecular formula is C15H15F2N3O2S. The molecule has 122 valence electrons. The molecule has 0 bridgehead atoms. The lowest BCUT2D eigenvalue weighted by molar-refractivity contribution is 0.0789. The Balaban J connectivity index is 1.64. The van der Waals surface area contributed by atoms with Crippen LogP contribution in [0, 0.1) is 6.92 Å². The number of thioether (sulfide) groups is 1. The van der Waals surface area contributed by atoms with Crippen LogP contribution in [-0.2, 0) is 0 Å². The van der Waals surface area contributed by atoms with Crippen molar-refractivity contribution in [2.75, 3.05) is 13.1 Å². The third-order valence-corrected chi connectivity index (χ3v) is 4.42. The number of alkyl halides is 2. The molecule has 1 aliphatic rings. The number of carbonyl (C=O) groups excluding carboxylic acids is 1. The van der Waals surface area contributed by atoms with Gasteiger partial charge in [-0.25, -0.2) is 0 Å². The Bertz CT molecular complexity index is 690. The third kappa shape index (κ3) is 3.69. The van der Waals surface area contributed by atoms with Crippen LogP contribution in [-0.4, -0.2) is 39.8 Å². The van der Waals surface area contributed by atoms with Crippen molar-refractivity contribution in [1.29, 1.82) is 0 Å². The summed E-state index contributed by atoms with van der Waals surface area (Å²) in [6.07, 6.45) is 0.771. The normalized spacial score (nSPS) is 17.9. The van der Waals surface area contributed by atoms with Crippen molar-refractivity contribution in [2.24, 2.45) is 0 Å². The zero-order valence-corrected chi connectivity index (χ0v) is 13.2. The fraction of sp³-hybridized carbons (Fsp3) is 0.400. The second-order valence-electron chi connectivity index (χ2n) is 5.32. The first kappa shape index (κ1) is 15.9. The van der Waals surface area contributed by atoms with E-state index in [2.05, 4.69) is 10.1 Å². The summed E-state index contributed by atoms with van der Waals surface area (Å²) in [7, 11) is 0. The maximum atomic E-state index is 12.5. The summed E-state index contributed by atoms with van der Waals surface area (Å²) in [6, 6.07) is 6.24. The number of rotatable bonds is 4. The van der Waals surface area contributed by atoms with Crippen molar-refractivity contribution in [1.82, 2.24) is 15.0 Å². The van der Waals surface area contributed by atoms with Crippen molar-refractivity contribution in [3.8, 4) is 0 Å². The van der Waals surface area contributed by atoms with Gasteiger partial charge in [0.25, 0.3) is 11.7 Å². The lowest BCUT2D eigenvalue weighted by atomic mass is 10.1. The molecule has 0 aliphatic carbocycles. The van der Waals surface area contributed by atoms with Crippen LogP contribution in [0.5, 0.6) is 0 Å². The zero-order valence-electron chi connectivity index (χ0n) is 12.4. The van der Waals surface area contributed by atoms with E-state index >= 15 is 0 Å². The molecule has 23 heavy (non-hydrogen) atoms. The molecule has 1 fully saturated rings.